The maximum Gasteiger partial charge on any atom is 0.0762 e. The maximum absolute atomic E-state index is 4.70. The van der Waals surface area contributed by atoms with Crippen molar-refractivity contribution in [2.45, 2.75) is 71.5 Å². The maximum atomic E-state index is 4.70. The van der Waals surface area contributed by atoms with Crippen molar-refractivity contribution in [2.24, 2.45) is 0 Å². The third kappa shape index (κ3) is 4.82. The number of nitrogens with one attached hydrogen (secondary N) is 1. The lowest BCUT2D eigenvalue weighted by atomic mass is 10.1. The minimum absolute atomic E-state index is 0.547. The molecule has 1 aliphatic rings. The second-order valence-electron chi connectivity index (χ2n) is 6.33. The first-order valence-corrected chi connectivity index (χ1v) is 8.73. The molecule has 0 bridgehead atoms. The van der Waals surface area contributed by atoms with Gasteiger partial charge in [0.1, 0.15) is 0 Å². The Morgan fingerprint density at radius 2 is 1.90 bits per heavy atom. The van der Waals surface area contributed by atoms with Crippen molar-refractivity contribution in [3.8, 4) is 0 Å². The van der Waals surface area contributed by atoms with E-state index >= 15 is 0 Å². The summed E-state index contributed by atoms with van der Waals surface area (Å²) >= 11 is 0. The first-order chi connectivity index (χ1) is 10.2. The van der Waals surface area contributed by atoms with Crippen molar-refractivity contribution in [2.75, 3.05) is 19.6 Å². The summed E-state index contributed by atoms with van der Waals surface area (Å²) in [5.74, 6) is 0. The van der Waals surface area contributed by atoms with Crippen LogP contribution in [0.2, 0.25) is 0 Å². The minimum atomic E-state index is 0.547. The lowest BCUT2D eigenvalue weighted by Crippen LogP contribution is -2.43. The zero-order valence-electron chi connectivity index (χ0n) is 14.0. The third-order valence-electron chi connectivity index (χ3n) is 4.74. The highest BCUT2D eigenvalue weighted by atomic mass is 15.3. The van der Waals surface area contributed by atoms with E-state index < -0.39 is 0 Å². The highest BCUT2D eigenvalue weighted by Gasteiger charge is 2.16. The van der Waals surface area contributed by atoms with Gasteiger partial charge in [0.2, 0.25) is 0 Å². The van der Waals surface area contributed by atoms with Crippen LogP contribution in [-0.4, -0.2) is 40.4 Å². The Bertz CT molecular complexity index is 391. The summed E-state index contributed by atoms with van der Waals surface area (Å²) in [6.45, 7) is 11.3. The van der Waals surface area contributed by atoms with Gasteiger partial charge in [-0.3, -0.25) is 9.58 Å². The van der Waals surface area contributed by atoms with Gasteiger partial charge in [-0.2, -0.15) is 5.10 Å². The predicted octanol–water partition coefficient (Wildman–Crippen LogP) is 3.21. The fraction of sp³-hybridized carbons (Fsp3) is 0.824. The van der Waals surface area contributed by atoms with Crippen molar-refractivity contribution in [1.82, 2.24) is 20.0 Å². The van der Waals surface area contributed by atoms with Gasteiger partial charge in [-0.15, -0.1) is 0 Å². The van der Waals surface area contributed by atoms with Crippen LogP contribution in [0.1, 0.15) is 64.6 Å². The molecule has 1 unspecified atom stereocenters. The van der Waals surface area contributed by atoms with Crippen molar-refractivity contribution in [3.63, 3.8) is 0 Å². The highest BCUT2D eigenvalue weighted by Crippen LogP contribution is 2.14. The van der Waals surface area contributed by atoms with E-state index in [1.54, 1.807) is 0 Å². The highest BCUT2D eigenvalue weighted by molar-refractivity contribution is 4.99. The van der Waals surface area contributed by atoms with Crippen LogP contribution in [0.3, 0.4) is 0 Å². The molecular formula is C17H32N4. The molecule has 1 aliphatic heterocycles. The molecular weight excluding hydrogens is 260 g/mol. The first-order valence-electron chi connectivity index (χ1n) is 8.73. The average Bonchev–Trinajstić information content (AvgIpc) is 2.98. The van der Waals surface area contributed by atoms with Crippen molar-refractivity contribution < 1.29 is 0 Å². The Hall–Kier alpha value is -0.870. The smallest absolute Gasteiger partial charge is 0.0762 e. The van der Waals surface area contributed by atoms with Gasteiger partial charge in [0.05, 0.1) is 11.7 Å². The monoisotopic (exact) mass is 292 g/mol. The molecule has 0 radical (unpaired) electrons. The van der Waals surface area contributed by atoms with E-state index in [0.29, 0.717) is 12.1 Å². The fourth-order valence-electron chi connectivity index (χ4n) is 3.24. The van der Waals surface area contributed by atoms with Gasteiger partial charge in [-0.25, -0.2) is 0 Å². The molecule has 1 aromatic heterocycles. The predicted molar refractivity (Wildman–Crippen MR) is 88.4 cm³/mol. The van der Waals surface area contributed by atoms with Crippen LogP contribution in [0.25, 0.3) is 0 Å². The van der Waals surface area contributed by atoms with Crippen LogP contribution in [0.5, 0.6) is 0 Å². The number of piperidine rings is 1. The molecule has 0 spiro atoms. The van der Waals surface area contributed by atoms with Crippen LogP contribution in [0.4, 0.5) is 0 Å². The fourth-order valence-corrected chi connectivity index (χ4v) is 3.24. The number of hydrogen-bond acceptors (Lipinski definition) is 3. The van der Waals surface area contributed by atoms with Gasteiger partial charge in [0, 0.05) is 25.3 Å². The molecule has 2 rings (SSSR count). The summed E-state index contributed by atoms with van der Waals surface area (Å²) in [7, 11) is 0. The zero-order valence-corrected chi connectivity index (χ0v) is 14.0. The van der Waals surface area contributed by atoms with Crippen molar-refractivity contribution >= 4 is 0 Å². The van der Waals surface area contributed by atoms with E-state index in [9.17, 15) is 0 Å². The van der Waals surface area contributed by atoms with Gasteiger partial charge < -0.3 is 5.32 Å². The summed E-state index contributed by atoms with van der Waals surface area (Å²) in [4.78, 5) is 2.61. The molecule has 1 N–H and O–H groups in total. The van der Waals surface area contributed by atoms with Crippen LogP contribution < -0.4 is 5.32 Å². The van der Waals surface area contributed by atoms with E-state index in [-0.39, 0.29) is 0 Å². The topological polar surface area (TPSA) is 33.1 Å². The lowest BCUT2D eigenvalue weighted by molar-refractivity contribution is 0.170. The van der Waals surface area contributed by atoms with Crippen molar-refractivity contribution in [3.05, 3.63) is 18.0 Å². The molecule has 1 saturated heterocycles. The van der Waals surface area contributed by atoms with Crippen LogP contribution >= 0.6 is 0 Å². The summed E-state index contributed by atoms with van der Waals surface area (Å²) < 4.78 is 2.13. The molecule has 1 atom stereocenters. The summed E-state index contributed by atoms with van der Waals surface area (Å²) in [6.07, 6.45) is 8.56. The van der Waals surface area contributed by atoms with Gasteiger partial charge in [-0.1, -0.05) is 20.3 Å². The number of nitrogens with zero attached hydrogens (tertiary/aromatic N) is 3. The Balaban J connectivity index is 1.73. The molecule has 4 heteroatoms. The standard InChI is InChI=1S/C17H32N4/c1-4-17(5-2)21-12-9-16(19-21)14-18-13-15(3)20-10-7-6-8-11-20/h9,12,15,17-18H,4-8,10-11,13-14H2,1-3H3. The minimum Gasteiger partial charge on any atom is -0.310 e. The molecule has 21 heavy (non-hydrogen) atoms. The molecule has 0 aliphatic carbocycles. The summed E-state index contributed by atoms with van der Waals surface area (Å²) in [5, 5.41) is 8.27. The Labute approximate surface area is 129 Å². The molecule has 2 heterocycles. The molecule has 1 aromatic rings. The molecule has 0 saturated carbocycles. The molecule has 120 valence electrons. The van der Waals surface area contributed by atoms with E-state index in [2.05, 4.69) is 47.9 Å². The Morgan fingerprint density at radius 3 is 2.57 bits per heavy atom. The first kappa shape index (κ1) is 16.5. The van der Waals surface area contributed by atoms with E-state index in [0.717, 1.165) is 31.6 Å². The number of aromatic nitrogens is 2. The van der Waals surface area contributed by atoms with Gasteiger partial charge in [-0.05, 0) is 51.8 Å². The van der Waals surface area contributed by atoms with Gasteiger partial charge >= 0.3 is 0 Å². The van der Waals surface area contributed by atoms with Crippen LogP contribution in [-0.2, 0) is 6.54 Å². The molecule has 1 fully saturated rings. The van der Waals surface area contributed by atoms with E-state index in [1.165, 1.54) is 32.4 Å². The SMILES string of the molecule is CCC(CC)n1ccc(CNCC(C)N2CCCCC2)n1. The van der Waals surface area contributed by atoms with Crippen LogP contribution in [0, 0.1) is 0 Å². The number of hydrogen-bond donors (Lipinski definition) is 1. The zero-order chi connectivity index (χ0) is 15.1. The van der Waals surface area contributed by atoms with E-state index in [4.69, 9.17) is 5.10 Å². The summed E-state index contributed by atoms with van der Waals surface area (Å²) in [6, 6.07) is 3.33. The molecule has 0 aromatic carbocycles. The normalized spacial score (nSPS) is 18.3. The van der Waals surface area contributed by atoms with Crippen molar-refractivity contribution in [1.29, 1.82) is 0 Å². The van der Waals surface area contributed by atoms with Gasteiger partial charge in [0.25, 0.3) is 0 Å². The third-order valence-corrected chi connectivity index (χ3v) is 4.74. The second-order valence-corrected chi connectivity index (χ2v) is 6.33. The molecule has 0 amide bonds. The average molecular weight is 292 g/mol. The Kier molecular flexibility index (Phi) is 6.71. The lowest BCUT2D eigenvalue weighted by Gasteiger charge is -2.32. The van der Waals surface area contributed by atoms with Crippen LogP contribution in [0.15, 0.2) is 12.3 Å². The second kappa shape index (κ2) is 8.54. The van der Waals surface area contributed by atoms with Gasteiger partial charge in [0.15, 0.2) is 0 Å². The summed E-state index contributed by atoms with van der Waals surface area (Å²) in [5.41, 5.74) is 1.16. The largest absolute Gasteiger partial charge is 0.310 e. The Morgan fingerprint density at radius 1 is 1.19 bits per heavy atom. The number of likely N-dealkylation sites (tertiary alicyclic amines) is 1. The van der Waals surface area contributed by atoms with E-state index in [1.807, 2.05) is 0 Å². The number of rotatable bonds is 8. The molecule has 4 nitrogen and oxygen atoms in total. The quantitative estimate of drug-likeness (QED) is 0.798.